The van der Waals surface area contributed by atoms with Gasteiger partial charge < -0.3 is 4.74 Å². The fourth-order valence-corrected chi connectivity index (χ4v) is 3.75. The van der Waals surface area contributed by atoms with Crippen molar-refractivity contribution in [3.63, 3.8) is 0 Å². The number of hydrogen-bond acceptors (Lipinski definition) is 1. The van der Waals surface area contributed by atoms with Gasteiger partial charge in [0.2, 0.25) is 0 Å². The SMILES string of the molecule is CCCCC[C@H]1CC[C@H](C=CCCc2ccc(OC(F)(F)F)cc2)CC1. The van der Waals surface area contributed by atoms with Crippen LogP contribution in [0.5, 0.6) is 5.75 Å². The van der Waals surface area contributed by atoms with Gasteiger partial charge in [0.1, 0.15) is 5.75 Å². The molecule has 4 heteroatoms. The van der Waals surface area contributed by atoms with Gasteiger partial charge in [0.25, 0.3) is 0 Å². The Kier molecular flexibility index (Phi) is 8.53. The Hall–Kier alpha value is -1.45. The van der Waals surface area contributed by atoms with E-state index in [1.54, 1.807) is 12.1 Å². The lowest BCUT2D eigenvalue weighted by atomic mass is 9.79. The lowest BCUT2D eigenvalue weighted by Gasteiger charge is -2.26. The Balaban J connectivity index is 1.64. The van der Waals surface area contributed by atoms with Gasteiger partial charge in [0, 0.05) is 0 Å². The molecule has 0 N–H and O–H groups in total. The molecule has 0 aromatic heterocycles. The van der Waals surface area contributed by atoms with Crippen LogP contribution < -0.4 is 4.74 Å². The normalized spacial score (nSPS) is 21.2. The van der Waals surface area contributed by atoms with Crippen LogP contribution in [0.25, 0.3) is 0 Å². The monoisotopic (exact) mass is 368 g/mol. The highest BCUT2D eigenvalue weighted by Crippen LogP contribution is 2.32. The third-order valence-corrected chi connectivity index (χ3v) is 5.27. The third kappa shape index (κ3) is 8.29. The number of ether oxygens (including phenoxy) is 1. The van der Waals surface area contributed by atoms with Crippen molar-refractivity contribution in [2.75, 3.05) is 0 Å². The average Bonchev–Trinajstić information content (AvgIpc) is 2.60. The Morgan fingerprint density at radius 1 is 1.04 bits per heavy atom. The first-order valence-electron chi connectivity index (χ1n) is 9.97. The van der Waals surface area contributed by atoms with E-state index in [9.17, 15) is 13.2 Å². The lowest BCUT2D eigenvalue weighted by Crippen LogP contribution is -2.17. The van der Waals surface area contributed by atoms with E-state index in [0.29, 0.717) is 5.92 Å². The highest BCUT2D eigenvalue weighted by Gasteiger charge is 2.30. The molecule has 0 radical (unpaired) electrons. The summed E-state index contributed by atoms with van der Waals surface area (Å²) in [4.78, 5) is 0. The molecule has 1 aliphatic rings. The van der Waals surface area contributed by atoms with Gasteiger partial charge in [-0.2, -0.15) is 0 Å². The predicted octanol–water partition coefficient (Wildman–Crippen LogP) is 7.46. The van der Waals surface area contributed by atoms with Gasteiger partial charge in [0.15, 0.2) is 0 Å². The summed E-state index contributed by atoms with van der Waals surface area (Å²) in [6.45, 7) is 2.26. The van der Waals surface area contributed by atoms with E-state index in [4.69, 9.17) is 0 Å². The topological polar surface area (TPSA) is 9.23 Å². The molecule has 0 heterocycles. The van der Waals surface area contributed by atoms with Gasteiger partial charge in [-0.05, 0) is 68.1 Å². The highest BCUT2D eigenvalue weighted by atomic mass is 19.4. The zero-order chi connectivity index (χ0) is 18.8. The Morgan fingerprint density at radius 3 is 2.35 bits per heavy atom. The standard InChI is InChI=1S/C22H31F3O/c1-2-3-4-7-18-10-12-19(13-11-18)8-5-6-9-20-14-16-21(17-15-20)26-22(23,24)25/h5,8,14-19H,2-4,6-7,9-13H2,1H3/t18-,19-. The quantitative estimate of drug-likeness (QED) is 0.325. The maximum absolute atomic E-state index is 12.1. The number of allylic oxidation sites excluding steroid dienone is 2. The van der Waals surface area contributed by atoms with Crippen molar-refractivity contribution in [3.8, 4) is 5.75 Å². The van der Waals surface area contributed by atoms with E-state index in [1.165, 1.54) is 63.5 Å². The number of benzene rings is 1. The molecule has 26 heavy (non-hydrogen) atoms. The molecule has 1 fully saturated rings. The summed E-state index contributed by atoms with van der Waals surface area (Å²) >= 11 is 0. The molecule has 0 bridgehead atoms. The molecule has 1 nitrogen and oxygen atoms in total. The molecule has 0 amide bonds. The maximum atomic E-state index is 12.1. The van der Waals surface area contributed by atoms with Gasteiger partial charge in [-0.1, -0.05) is 56.9 Å². The van der Waals surface area contributed by atoms with Crippen LogP contribution in [0.4, 0.5) is 13.2 Å². The summed E-state index contributed by atoms with van der Waals surface area (Å²) in [5, 5.41) is 0. The van der Waals surface area contributed by atoms with E-state index in [-0.39, 0.29) is 5.75 Å². The number of hydrogen-bond donors (Lipinski definition) is 0. The van der Waals surface area contributed by atoms with Crippen LogP contribution in [-0.4, -0.2) is 6.36 Å². The van der Waals surface area contributed by atoms with E-state index >= 15 is 0 Å². The van der Waals surface area contributed by atoms with Crippen molar-refractivity contribution >= 4 is 0 Å². The van der Waals surface area contributed by atoms with Crippen LogP contribution in [0.1, 0.15) is 70.3 Å². The minimum Gasteiger partial charge on any atom is -0.406 e. The second kappa shape index (κ2) is 10.6. The largest absolute Gasteiger partial charge is 0.573 e. The molecule has 0 saturated heterocycles. The Bertz CT molecular complexity index is 525. The van der Waals surface area contributed by atoms with Gasteiger partial charge in [-0.25, -0.2) is 0 Å². The van der Waals surface area contributed by atoms with E-state index in [2.05, 4.69) is 23.8 Å². The molecule has 1 aromatic carbocycles. The lowest BCUT2D eigenvalue weighted by molar-refractivity contribution is -0.274. The molecular weight excluding hydrogens is 337 g/mol. The van der Waals surface area contributed by atoms with Crippen molar-refractivity contribution in [2.24, 2.45) is 11.8 Å². The van der Waals surface area contributed by atoms with Crippen molar-refractivity contribution in [3.05, 3.63) is 42.0 Å². The van der Waals surface area contributed by atoms with Gasteiger partial charge in [-0.3, -0.25) is 0 Å². The van der Waals surface area contributed by atoms with Crippen LogP contribution in [0.3, 0.4) is 0 Å². The molecule has 0 atom stereocenters. The molecule has 0 aliphatic heterocycles. The minimum atomic E-state index is -4.63. The first-order valence-corrected chi connectivity index (χ1v) is 9.97. The van der Waals surface area contributed by atoms with Gasteiger partial charge in [0.05, 0.1) is 0 Å². The molecule has 2 rings (SSSR count). The third-order valence-electron chi connectivity index (χ3n) is 5.27. The number of alkyl halides is 3. The summed E-state index contributed by atoms with van der Waals surface area (Å²) in [6.07, 6.45) is 12.5. The van der Waals surface area contributed by atoms with Crippen LogP contribution >= 0.6 is 0 Å². The molecule has 0 spiro atoms. The van der Waals surface area contributed by atoms with E-state index < -0.39 is 6.36 Å². The van der Waals surface area contributed by atoms with Gasteiger partial charge >= 0.3 is 6.36 Å². The van der Waals surface area contributed by atoms with Gasteiger partial charge in [-0.15, -0.1) is 13.2 Å². The number of rotatable bonds is 9. The second-order valence-electron chi connectivity index (χ2n) is 7.44. The smallest absolute Gasteiger partial charge is 0.406 e. The Labute approximate surface area is 155 Å². The van der Waals surface area contributed by atoms with Crippen LogP contribution in [-0.2, 0) is 6.42 Å². The fourth-order valence-electron chi connectivity index (χ4n) is 3.75. The first kappa shape index (κ1) is 20.9. The zero-order valence-corrected chi connectivity index (χ0v) is 15.7. The Morgan fingerprint density at radius 2 is 1.73 bits per heavy atom. The maximum Gasteiger partial charge on any atom is 0.573 e. The highest BCUT2D eigenvalue weighted by molar-refractivity contribution is 5.27. The van der Waals surface area contributed by atoms with E-state index in [0.717, 1.165) is 24.3 Å². The molecule has 1 aromatic rings. The zero-order valence-electron chi connectivity index (χ0n) is 15.7. The van der Waals surface area contributed by atoms with Crippen molar-refractivity contribution in [1.29, 1.82) is 0 Å². The molecule has 1 saturated carbocycles. The van der Waals surface area contributed by atoms with Crippen molar-refractivity contribution in [2.45, 2.75) is 77.5 Å². The summed E-state index contributed by atoms with van der Waals surface area (Å²) < 4.78 is 40.3. The van der Waals surface area contributed by atoms with Crippen LogP contribution in [0.2, 0.25) is 0 Å². The van der Waals surface area contributed by atoms with Crippen molar-refractivity contribution < 1.29 is 17.9 Å². The first-order chi connectivity index (χ1) is 12.5. The molecular formula is C22H31F3O. The number of aryl methyl sites for hydroxylation is 1. The minimum absolute atomic E-state index is 0.160. The molecule has 1 aliphatic carbocycles. The average molecular weight is 368 g/mol. The summed E-state index contributed by atoms with van der Waals surface area (Å²) in [7, 11) is 0. The molecule has 0 unspecified atom stereocenters. The summed E-state index contributed by atoms with van der Waals surface area (Å²) in [5.74, 6) is 1.48. The predicted molar refractivity (Wildman–Crippen MR) is 100 cm³/mol. The fraction of sp³-hybridized carbons (Fsp3) is 0.636. The molecule has 146 valence electrons. The van der Waals surface area contributed by atoms with Crippen LogP contribution in [0.15, 0.2) is 36.4 Å². The van der Waals surface area contributed by atoms with Crippen molar-refractivity contribution in [1.82, 2.24) is 0 Å². The summed E-state index contributed by atoms with van der Waals surface area (Å²) in [5.41, 5.74) is 1.03. The number of unbranched alkanes of at least 4 members (excludes halogenated alkanes) is 2. The van der Waals surface area contributed by atoms with Crippen LogP contribution in [0, 0.1) is 11.8 Å². The second-order valence-corrected chi connectivity index (χ2v) is 7.44. The summed E-state index contributed by atoms with van der Waals surface area (Å²) in [6, 6.07) is 6.17. The number of halogens is 3. The van der Waals surface area contributed by atoms with E-state index in [1.807, 2.05) is 0 Å².